The molecule has 140 valence electrons. The van der Waals surface area contributed by atoms with E-state index in [1.807, 2.05) is 0 Å². The Kier molecular flexibility index (Phi) is 5.89. The quantitative estimate of drug-likeness (QED) is 0.840. The normalized spacial score (nSPS) is 27.7. The van der Waals surface area contributed by atoms with Crippen molar-refractivity contribution in [2.24, 2.45) is 23.5 Å². The van der Waals surface area contributed by atoms with Crippen LogP contribution in [-0.4, -0.2) is 24.7 Å². The number of alkyl halides is 3. The van der Waals surface area contributed by atoms with Crippen LogP contribution in [0.15, 0.2) is 18.2 Å². The zero-order valence-electron chi connectivity index (χ0n) is 13.8. The van der Waals surface area contributed by atoms with Crippen LogP contribution in [0, 0.1) is 24.7 Å². The highest BCUT2D eigenvalue weighted by Crippen LogP contribution is 2.47. The highest BCUT2D eigenvalue weighted by atomic mass is 35.5. The van der Waals surface area contributed by atoms with Crippen molar-refractivity contribution in [1.29, 1.82) is 0 Å². The van der Waals surface area contributed by atoms with Crippen molar-refractivity contribution >= 4 is 24.0 Å². The fourth-order valence-corrected chi connectivity index (χ4v) is 4.00. The van der Waals surface area contributed by atoms with Gasteiger partial charge in [-0.25, -0.2) is 0 Å². The number of nitrogens with two attached hydrogens (primary N) is 1. The van der Waals surface area contributed by atoms with Crippen molar-refractivity contribution in [1.82, 2.24) is 0 Å². The second-order valence-corrected chi connectivity index (χ2v) is 6.81. The third-order valence-electron chi connectivity index (χ3n) is 5.12. The molecule has 0 aromatic heterocycles. The first-order chi connectivity index (χ1) is 11.2. The number of carbonyl (C=O) groups excluding carboxylic acids is 1. The molecule has 25 heavy (non-hydrogen) atoms. The van der Waals surface area contributed by atoms with Crippen LogP contribution >= 0.6 is 12.4 Å². The zero-order chi connectivity index (χ0) is 17.5. The number of hydrogen-bond acceptors (Lipinski definition) is 3. The SMILES string of the molecule is Cc1cc(NC(=O)C2C3CCC(C3)C2N)ccc1OCC(F)(F)F.Cl. The van der Waals surface area contributed by atoms with Gasteiger partial charge in [0.2, 0.25) is 5.91 Å². The van der Waals surface area contributed by atoms with Crippen LogP contribution in [0.3, 0.4) is 0 Å². The Morgan fingerprint density at radius 2 is 2.00 bits per heavy atom. The van der Waals surface area contributed by atoms with Crippen molar-refractivity contribution in [2.75, 3.05) is 11.9 Å². The van der Waals surface area contributed by atoms with E-state index in [0.717, 1.165) is 19.3 Å². The molecule has 0 spiro atoms. The summed E-state index contributed by atoms with van der Waals surface area (Å²) in [6.07, 6.45) is -1.22. The highest BCUT2D eigenvalue weighted by Gasteiger charge is 2.49. The van der Waals surface area contributed by atoms with Crippen LogP contribution in [0.5, 0.6) is 5.75 Å². The monoisotopic (exact) mass is 378 g/mol. The molecule has 4 atom stereocenters. The van der Waals surface area contributed by atoms with E-state index in [-0.39, 0.29) is 36.0 Å². The molecule has 3 N–H and O–H groups in total. The van der Waals surface area contributed by atoms with Gasteiger partial charge in [0.15, 0.2) is 6.61 Å². The van der Waals surface area contributed by atoms with E-state index in [0.29, 0.717) is 23.1 Å². The lowest BCUT2D eigenvalue weighted by molar-refractivity contribution is -0.153. The Balaban J connectivity index is 0.00000225. The fourth-order valence-electron chi connectivity index (χ4n) is 4.00. The number of nitrogens with one attached hydrogen (secondary N) is 1. The van der Waals surface area contributed by atoms with Crippen molar-refractivity contribution in [3.8, 4) is 5.75 Å². The molecular weight excluding hydrogens is 357 g/mol. The summed E-state index contributed by atoms with van der Waals surface area (Å²) in [6, 6.07) is 4.51. The number of rotatable bonds is 4. The Labute approximate surface area is 150 Å². The molecule has 1 aromatic rings. The van der Waals surface area contributed by atoms with Crippen LogP contribution in [0.25, 0.3) is 0 Å². The first kappa shape index (κ1) is 19.8. The molecule has 2 aliphatic carbocycles. The van der Waals surface area contributed by atoms with E-state index >= 15 is 0 Å². The van der Waals surface area contributed by atoms with E-state index in [9.17, 15) is 18.0 Å². The minimum atomic E-state index is -4.38. The molecule has 3 rings (SSSR count). The number of aryl methyl sites for hydroxylation is 1. The van der Waals surface area contributed by atoms with Crippen LogP contribution in [0.4, 0.5) is 18.9 Å². The first-order valence-corrected chi connectivity index (χ1v) is 8.11. The number of anilines is 1. The minimum absolute atomic E-state index is 0. The molecule has 2 fully saturated rings. The maximum Gasteiger partial charge on any atom is 0.422 e. The molecule has 2 aliphatic rings. The van der Waals surface area contributed by atoms with Gasteiger partial charge < -0.3 is 15.8 Å². The summed E-state index contributed by atoms with van der Waals surface area (Å²) in [5, 5.41) is 2.84. The van der Waals surface area contributed by atoms with Gasteiger partial charge in [0.05, 0.1) is 5.92 Å². The van der Waals surface area contributed by atoms with Gasteiger partial charge in [-0.2, -0.15) is 13.2 Å². The molecule has 0 aliphatic heterocycles. The van der Waals surface area contributed by atoms with Crippen molar-refractivity contribution < 1.29 is 22.7 Å². The van der Waals surface area contributed by atoms with Crippen molar-refractivity contribution in [3.05, 3.63) is 23.8 Å². The molecule has 4 nitrogen and oxygen atoms in total. The van der Waals surface area contributed by atoms with E-state index in [4.69, 9.17) is 10.5 Å². The third-order valence-corrected chi connectivity index (χ3v) is 5.12. The number of ether oxygens (including phenoxy) is 1. The standard InChI is InChI=1S/C17H21F3N2O2.ClH/c1-9-6-12(4-5-13(9)24-8-17(18,19)20)22-16(23)14-10-2-3-11(7-10)15(14)21;/h4-6,10-11,14-15H,2-3,7-8,21H2,1H3,(H,22,23);1H. The summed E-state index contributed by atoms with van der Waals surface area (Å²) in [5.74, 6) is 0.663. The molecule has 4 unspecified atom stereocenters. The highest BCUT2D eigenvalue weighted by molar-refractivity contribution is 5.93. The average Bonchev–Trinajstić information content (AvgIpc) is 3.06. The largest absolute Gasteiger partial charge is 0.484 e. The topological polar surface area (TPSA) is 64.4 Å². The Hall–Kier alpha value is -1.47. The van der Waals surface area contributed by atoms with Gasteiger partial charge in [-0.15, -0.1) is 12.4 Å². The lowest BCUT2D eigenvalue weighted by Gasteiger charge is -2.27. The van der Waals surface area contributed by atoms with Gasteiger partial charge in [0.25, 0.3) is 0 Å². The van der Waals surface area contributed by atoms with Crippen LogP contribution < -0.4 is 15.8 Å². The molecule has 2 bridgehead atoms. The van der Waals surface area contributed by atoms with E-state index in [1.54, 1.807) is 19.1 Å². The van der Waals surface area contributed by atoms with Gasteiger partial charge in [0, 0.05) is 11.7 Å². The predicted molar refractivity (Wildman–Crippen MR) is 90.9 cm³/mol. The van der Waals surface area contributed by atoms with E-state index in [2.05, 4.69) is 5.32 Å². The van der Waals surface area contributed by atoms with Crippen LogP contribution in [-0.2, 0) is 4.79 Å². The van der Waals surface area contributed by atoms with Gasteiger partial charge in [-0.05, 0) is 61.8 Å². The summed E-state index contributed by atoms with van der Waals surface area (Å²) in [5.41, 5.74) is 7.25. The summed E-state index contributed by atoms with van der Waals surface area (Å²) in [7, 11) is 0. The van der Waals surface area contributed by atoms with Gasteiger partial charge in [0.1, 0.15) is 5.75 Å². The van der Waals surface area contributed by atoms with Crippen LogP contribution in [0.2, 0.25) is 0 Å². The summed E-state index contributed by atoms with van der Waals surface area (Å²) in [6.45, 7) is 0.310. The second-order valence-electron chi connectivity index (χ2n) is 6.81. The first-order valence-electron chi connectivity index (χ1n) is 8.11. The Morgan fingerprint density at radius 1 is 1.32 bits per heavy atom. The second kappa shape index (κ2) is 7.41. The molecule has 8 heteroatoms. The Morgan fingerprint density at radius 3 is 2.56 bits per heavy atom. The molecule has 0 heterocycles. The van der Waals surface area contributed by atoms with Gasteiger partial charge >= 0.3 is 6.18 Å². The molecule has 1 amide bonds. The van der Waals surface area contributed by atoms with Crippen LogP contribution in [0.1, 0.15) is 24.8 Å². The number of hydrogen-bond donors (Lipinski definition) is 2. The summed E-state index contributed by atoms with van der Waals surface area (Å²) in [4.78, 5) is 12.5. The van der Waals surface area contributed by atoms with E-state index < -0.39 is 12.8 Å². The molecule has 0 radical (unpaired) electrons. The van der Waals surface area contributed by atoms with Gasteiger partial charge in [-0.1, -0.05) is 0 Å². The van der Waals surface area contributed by atoms with E-state index in [1.165, 1.54) is 6.07 Å². The van der Waals surface area contributed by atoms with Gasteiger partial charge in [-0.3, -0.25) is 4.79 Å². The predicted octanol–water partition coefficient (Wildman–Crippen LogP) is 3.67. The van der Waals surface area contributed by atoms with Crippen molar-refractivity contribution in [3.63, 3.8) is 0 Å². The number of benzene rings is 1. The third kappa shape index (κ3) is 4.39. The molecular formula is C17H22ClF3N2O2. The smallest absolute Gasteiger partial charge is 0.422 e. The molecule has 0 saturated heterocycles. The maximum absolute atomic E-state index is 12.5. The number of carbonyl (C=O) groups is 1. The number of amides is 1. The maximum atomic E-state index is 12.5. The lowest BCUT2D eigenvalue weighted by atomic mass is 9.84. The summed E-state index contributed by atoms with van der Waals surface area (Å²) >= 11 is 0. The minimum Gasteiger partial charge on any atom is -0.484 e. The summed E-state index contributed by atoms with van der Waals surface area (Å²) < 4.78 is 41.4. The number of halogens is 4. The molecule has 2 saturated carbocycles. The van der Waals surface area contributed by atoms with Crippen molar-refractivity contribution in [2.45, 2.75) is 38.4 Å². The zero-order valence-corrected chi connectivity index (χ0v) is 14.6. The molecule has 1 aromatic carbocycles. The average molecular weight is 379 g/mol. The Bertz CT molecular complexity index is 637. The number of fused-ring (bicyclic) bond motifs is 2. The lowest BCUT2D eigenvalue weighted by Crippen LogP contribution is -2.42. The fraction of sp³-hybridized carbons (Fsp3) is 0.588.